The molecule has 0 atom stereocenters. The molecule has 138 valence electrons. The fourth-order valence-corrected chi connectivity index (χ4v) is 2.07. The number of esters is 1. The van der Waals surface area contributed by atoms with Gasteiger partial charge in [-0.1, -0.05) is 11.6 Å². The van der Waals surface area contributed by atoms with Crippen LogP contribution in [-0.4, -0.2) is 44.3 Å². The van der Waals surface area contributed by atoms with Crippen molar-refractivity contribution in [1.82, 2.24) is 10.6 Å². The fraction of sp³-hybridized carbons (Fsp3) is 0.438. The summed E-state index contributed by atoms with van der Waals surface area (Å²) in [6.07, 6.45) is 0. The number of urea groups is 1. The van der Waals surface area contributed by atoms with Crippen LogP contribution in [0.1, 0.15) is 31.1 Å². The zero-order chi connectivity index (χ0) is 19.2. The van der Waals surface area contributed by atoms with Gasteiger partial charge in [-0.25, -0.2) is 9.59 Å². The van der Waals surface area contributed by atoms with Crippen molar-refractivity contribution >= 4 is 29.5 Å². The van der Waals surface area contributed by atoms with Crippen molar-refractivity contribution in [3.05, 3.63) is 22.7 Å². The molecule has 1 aromatic rings. The largest absolute Gasteiger partial charge is 0.493 e. The number of hydrogen-bond donors (Lipinski definition) is 2. The van der Waals surface area contributed by atoms with E-state index in [0.717, 1.165) is 0 Å². The van der Waals surface area contributed by atoms with Crippen molar-refractivity contribution in [3.8, 4) is 11.5 Å². The number of halogens is 1. The Labute approximate surface area is 150 Å². The Morgan fingerprint density at radius 2 is 1.76 bits per heavy atom. The molecule has 0 saturated carbocycles. The van der Waals surface area contributed by atoms with E-state index < -0.39 is 30.1 Å². The quantitative estimate of drug-likeness (QED) is 0.767. The predicted octanol–water partition coefficient (Wildman–Crippen LogP) is 2.14. The molecule has 2 N–H and O–H groups in total. The Balaban J connectivity index is 2.67. The molecule has 0 bridgehead atoms. The minimum absolute atomic E-state index is 0.0783. The maximum Gasteiger partial charge on any atom is 0.338 e. The van der Waals surface area contributed by atoms with Gasteiger partial charge in [-0.05, 0) is 32.9 Å². The molecule has 1 rings (SSSR count). The lowest BCUT2D eigenvalue weighted by atomic mass is 10.1. The van der Waals surface area contributed by atoms with Crippen molar-refractivity contribution in [3.63, 3.8) is 0 Å². The number of hydrogen-bond acceptors (Lipinski definition) is 6. The highest BCUT2D eigenvalue weighted by molar-refractivity contribution is 6.32. The average Bonchev–Trinajstić information content (AvgIpc) is 2.49. The molecular formula is C16H21ClN2O6. The van der Waals surface area contributed by atoms with Gasteiger partial charge in [0, 0.05) is 5.54 Å². The van der Waals surface area contributed by atoms with E-state index >= 15 is 0 Å². The Kier molecular flexibility index (Phi) is 7.05. The van der Waals surface area contributed by atoms with E-state index in [4.69, 9.17) is 25.8 Å². The van der Waals surface area contributed by atoms with Crippen LogP contribution in [0.25, 0.3) is 0 Å². The second-order valence-electron chi connectivity index (χ2n) is 6.02. The van der Waals surface area contributed by atoms with Gasteiger partial charge in [0.05, 0.1) is 24.8 Å². The fourth-order valence-electron chi connectivity index (χ4n) is 1.78. The van der Waals surface area contributed by atoms with E-state index in [1.54, 1.807) is 20.8 Å². The lowest BCUT2D eigenvalue weighted by Gasteiger charge is -2.20. The van der Waals surface area contributed by atoms with Crippen molar-refractivity contribution in [1.29, 1.82) is 0 Å². The van der Waals surface area contributed by atoms with Gasteiger partial charge >= 0.3 is 12.0 Å². The molecule has 0 spiro atoms. The molecule has 0 saturated heterocycles. The van der Waals surface area contributed by atoms with Gasteiger partial charge in [-0.15, -0.1) is 0 Å². The Morgan fingerprint density at radius 1 is 1.12 bits per heavy atom. The zero-order valence-electron chi connectivity index (χ0n) is 14.7. The van der Waals surface area contributed by atoms with Gasteiger partial charge in [0.15, 0.2) is 18.1 Å². The zero-order valence-corrected chi connectivity index (χ0v) is 15.4. The molecule has 0 heterocycles. The van der Waals surface area contributed by atoms with E-state index in [9.17, 15) is 14.4 Å². The normalized spacial score (nSPS) is 10.6. The summed E-state index contributed by atoms with van der Waals surface area (Å²) >= 11 is 6.01. The first-order valence-corrected chi connectivity index (χ1v) is 7.66. The topological polar surface area (TPSA) is 103 Å². The summed E-state index contributed by atoms with van der Waals surface area (Å²) in [5.74, 6) is -1.04. The number of methoxy groups -OCH3 is 2. The van der Waals surface area contributed by atoms with E-state index in [2.05, 4.69) is 10.6 Å². The van der Waals surface area contributed by atoms with Crippen LogP contribution in [0.5, 0.6) is 11.5 Å². The first-order valence-electron chi connectivity index (χ1n) is 7.28. The number of carbonyl (C=O) groups excluding carboxylic acids is 3. The smallest absolute Gasteiger partial charge is 0.338 e. The Hall–Kier alpha value is -2.48. The molecule has 0 aliphatic rings. The summed E-state index contributed by atoms with van der Waals surface area (Å²) in [7, 11) is 2.80. The molecule has 0 aromatic heterocycles. The van der Waals surface area contributed by atoms with Crippen LogP contribution in [0.2, 0.25) is 5.02 Å². The monoisotopic (exact) mass is 372 g/mol. The molecule has 9 heteroatoms. The van der Waals surface area contributed by atoms with Crippen LogP contribution in [0, 0.1) is 0 Å². The molecule has 0 aliphatic heterocycles. The van der Waals surface area contributed by atoms with Gasteiger partial charge in [0.2, 0.25) is 0 Å². The van der Waals surface area contributed by atoms with Crippen molar-refractivity contribution in [2.75, 3.05) is 20.8 Å². The van der Waals surface area contributed by atoms with Crippen molar-refractivity contribution in [2.45, 2.75) is 26.3 Å². The van der Waals surface area contributed by atoms with Crippen LogP contribution < -0.4 is 20.1 Å². The third kappa shape index (κ3) is 6.50. The summed E-state index contributed by atoms with van der Waals surface area (Å²) in [5.41, 5.74) is -0.424. The molecule has 8 nitrogen and oxygen atoms in total. The summed E-state index contributed by atoms with van der Waals surface area (Å²) in [5, 5.41) is 4.76. The lowest BCUT2D eigenvalue weighted by molar-refractivity contribution is -0.123. The summed E-state index contributed by atoms with van der Waals surface area (Å²) in [4.78, 5) is 35.2. The highest BCUT2D eigenvalue weighted by atomic mass is 35.5. The van der Waals surface area contributed by atoms with Crippen LogP contribution >= 0.6 is 11.6 Å². The van der Waals surface area contributed by atoms with Crippen LogP contribution in [0.3, 0.4) is 0 Å². The van der Waals surface area contributed by atoms with Crippen LogP contribution in [-0.2, 0) is 9.53 Å². The summed E-state index contributed by atoms with van der Waals surface area (Å²) < 4.78 is 15.0. The maximum atomic E-state index is 12.0. The molecule has 0 fully saturated rings. The molecular weight excluding hydrogens is 352 g/mol. The van der Waals surface area contributed by atoms with Crippen molar-refractivity contribution in [2.24, 2.45) is 0 Å². The van der Waals surface area contributed by atoms with Gasteiger partial charge in [-0.3, -0.25) is 10.1 Å². The van der Waals surface area contributed by atoms with Crippen LogP contribution in [0.15, 0.2) is 12.1 Å². The molecule has 25 heavy (non-hydrogen) atoms. The lowest BCUT2D eigenvalue weighted by Crippen LogP contribution is -2.49. The highest BCUT2D eigenvalue weighted by Crippen LogP contribution is 2.36. The molecule has 3 amide bonds. The second kappa shape index (κ2) is 8.57. The van der Waals surface area contributed by atoms with E-state index in [1.807, 2.05) is 0 Å². The van der Waals surface area contributed by atoms with E-state index in [0.29, 0.717) is 0 Å². The Bertz CT molecular complexity index is 669. The number of imide groups is 1. The minimum Gasteiger partial charge on any atom is -0.493 e. The van der Waals surface area contributed by atoms with Crippen molar-refractivity contribution < 1.29 is 28.6 Å². The predicted molar refractivity (Wildman–Crippen MR) is 91.3 cm³/mol. The molecule has 0 aliphatic carbocycles. The number of rotatable bonds is 5. The molecule has 1 aromatic carbocycles. The van der Waals surface area contributed by atoms with E-state index in [1.165, 1.54) is 26.4 Å². The number of benzene rings is 1. The standard InChI is InChI=1S/C16H21ClN2O6/c1-16(2,3)19-15(22)18-12(20)8-25-14(21)9-6-10(17)13(24-5)11(7-9)23-4/h6-7H,8H2,1-5H3,(H2,18,19,20,22). The first kappa shape index (κ1) is 20.6. The van der Waals surface area contributed by atoms with Gasteiger partial charge in [-0.2, -0.15) is 0 Å². The number of nitrogens with one attached hydrogen (secondary N) is 2. The summed E-state index contributed by atoms with van der Waals surface area (Å²) in [6.45, 7) is 4.66. The SMILES string of the molecule is COc1cc(C(=O)OCC(=O)NC(=O)NC(C)(C)C)cc(Cl)c1OC. The third-order valence-electron chi connectivity index (χ3n) is 2.75. The number of carbonyl (C=O) groups is 3. The highest BCUT2D eigenvalue weighted by Gasteiger charge is 2.19. The average molecular weight is 373 g/mol. The summed E-state index contributed by atoms with van der Waals surface area (Å²) in [6, 6.07) is 2.02. The van der Waals surface area contributed by atoms with Gasteiger partial charge in [0.1, 0.15) is 0 Å². The minimum atomic E-state index is -0.797. The molecule has 0 unspecified atom stereocenters. The molecule has 0 radical (unpaired) electrons. The maximum absolute atomic E-state index is 12.0. The Morgan fingerprint density at radius 3 is 2.28 bits per heavy atom. The van der Waals surface area contributed by atoms with Gasteiger partial charge < -0.3 is 19.5 Å². The number of ether oxygens (including phenoxy) is 3. The second-order valence-corrected chi connectivity index (χ2v) is 6.43. The number of amides is 3. The van der Waals surface area contributed by atoms with E-state index in [-0.39, 0.29) is 22.1 Å². The van der Waals surface area contributed by atoms with Gasteiger partial charge in [0.25, 0.3) is 5.91 Å². The third-order valence-corrected chi connectivity index (χ3v) is 3.03. The van der Waals surface area contributed by atoms with Crippen LogP contribution in [0.4, 0.5) is 4.79 Å². The first-order chi connectivity index (χ1) is 11.6.